The number of ether oxygens (including phenoxy) is 1. The van der Waals surface area contributed by atoms with Crippen LogP contribution in [0.1, 0.15) is 0 Å². The Balaban J connectivity index is 1.64. The van der Waals surface area contributed by atoms with E-state index in [2.05, 4.69) is 72.8 Å². The number of rotatable bonds is 0. The molecule has 0 aliphatic carbocycles. The second-order valence-corrected chi connectivity index (χ2v) is 7.33. The van der Waals surface area contributed by atoms with Gasteiger partial charge in [-0.1, -0.05) is 60.7 Å². The zero-order valence-electron chi connectivity index (χ0n) is 14.4. The molecular formula is C24H13BO2. The summed E-state index contributed by atoms with van der Waals surface area (Å²) in [6.45, 7) is 0.156. The third kappa shape index (κ3) is 1.62. The average molecular weight is 344 g/mol. The van der Waals surface area contributed by atoms with Gasteiger partial charge in [-0.3, -0.25) is 0 Å². The molecule has 0 amide bonds. The molecule has 5 aromatic rings. The first-order valence-electron chi connectivity index (χ1n) is 9.24. The molecule has 27 heavy (non-hydrogen) atoms. The summed E-state index contributed by atoms with van der Waals surface area (Å²) < 4.78 is 12.6. The van der Waals surface area contributed by atoms with Crippen LogP contribution in [-0.2, 0) is 0 Å². The van der Waals surface area contributed by atoms with Gasteiger partial charge in [-0.15, -0.1) is 0 Å². The van der Waals surface area contributed by atoms with Crippen molar-refractivity contribution in [1.82, 2.24) is 0 Å². The molecule has 124 valence electrons. The highest BCUT2D eigenvalue weighted by Crippen LogP contribution is 2.38. The summed E-state index contributed by atoms with van der Waals surface area (Å²) in [7, 11) is 0. The van der Waals surface area contributed by atoms with Crippen LogP contribution in [0.3, 0.4) is 0 Å². The second kappa shape index (κ2) is 4.63. The summed E-state index contributed by atoms with van der Waals surface area (Å²) in [5.41, 5.74) is 5.83. The summed E-state index contributed by atoms with van der Waals surface area (Å²) in [6, 6.07) is 27.5. The van der Waals surface area contributed by atoms with Crippen LogP contribution in [0.2, 0.25) is 0 Å². The Labute approximate surface area is 156 Å². The van der Waals surface area contributed by atoms with Gasteiger partial charge in [0.1, 0.15) is 22.8 Å². The standard InChI is InChI=1S/C24H13BO2/c1-2-7-15-13-21-18(12-14(15)6-1)25-22-17(9-5-11-20(22)26-21)24-23(25)16-8-3-4-10-19(16)27-24/h1-13H. The van der Waals surface area contributed by atoms with Crippen molar-refractivity contribution in [1.29, 1.82) is 0 Å². The minimum absolute atomic E-state index is 0.156. The molecule has 4 aromatic carbocycles. The molecule has 3 heteroatoms. The number of fused-ring (bicyclic) bond motifs is 8. The van der Waals surface area contributed by atoms with Gasteiger partial charge in [-0.05, 0) is 45.4 Å². The molecule has 1 aromatic heterocycles. The molecule has 7 rings (SSSR count). The fourth-order valence-corrected chi connectivity index (χ4v) is 4.81. The Morgan fingerprint density at radius 1 is 0.667 bits per heavy atom. The van der Waals surface area contributed by atoms with Crippen molar-refractivity contribution < 1.29 is 9.15 Å². The van der Waals surface area contributed by atoms with E-state index >= 15 is 0 Å². The van der Waals surface area contributed by atoms with Gasteiger partial charge in [0.2, 0.25) is 0 Å². The first-order valence-corrected chi connectivity index (χ1v) is 9.24. The number of hydrogen-bond acceptors (Lipinski definition) is 2. The van der Waals surface area contributed by atoms with Crippen LogP contribution >= 0.6 is 0 Å². The molecule has 0 bridgehead atoms. The third-order valence-corrected chi connectivity index (χ3v) is 5.93. The summed E-state index contributed by atoms with van der Waals surface area (Å²) in [5.74, 6) is 2.87. The molecule has 0 N–H and O–H groups in total. The van der Waals surface area contributed by atoms with Crippen molar-refractivity contribution in [3.8, 4) is 22.8 Å². The van der Waals surface area contributed by atoms with Crippen molar-refractivity contribution in [3.63, 3.8) is 0 Å². The summed E-state index contributed by atoms with van der Waals surface area (Å²) >= 11 is 0. The van der Waals surface area contributed by atoms with E-state index < -0.39 is 0 Å². The number of furan rings is 1. The lowest BCUT2D eigenvalue weighted by Crippen LogP contribution is -2.52. The minimum atomic E-state index is 0.156. The van der Waals surface area contributed by atoms with Crippen LogP contribution in [0.4, 0.5) is 0 Å². The average Bonchev–Trinajstić information content (AvgIpc) is 3.24. The molecule has 0 unspecified atom stereocenters. The van der Waals surface area contributed by atoms with Crippen LogP contribution in [0.5, 0.6) is 11.5 Å². The first kappa shape index (κ1) is 13.7. The lowest BCUT2D eigenvalue weighted by molar-refractivity contribution is 0.488. The predicted molar refractivity (Wildman–Crippen MR) is 110 cm³/mol. The largest absolute Gasteiger partial charge is 0.458 e. The summed E-state index contributed by atoms with van der Waals surface area (Å²) in [4.78, 5) is 0. The third-order valence-electron chi connectivity index (χ3n) is 5.93. The lowest BCUT2D eigenvalue weighted by atomic mass is 9.37. The lowest BCUT2D eigenvalue weighted by Gasteiger charge is -2.24. The van der Waals surface area contributed by atoms with E-state index in [1.54, 1.807) is 0 Å². The SMILES string of the molecule is c1cc2c3c(c1)-c1oc4ccccc4c1B3c1cc3ccccc3cc1O2. The van der Waals surface area contributed by atoms with E-state index in [0.717, 1.165) is 28.4 Å². The van der Waals surface area contributed by atoms with Crippen LogP contribution < -0.4 is 21.1 Å². The van der Waals surface area contributed by atoms with Crippen LogP contribution in [0, 0.1) is 0 Å². The maximum Gasteiger partial charge on any atom is 0.257 e. The number of hydrogen-bond donors (Lipinski definition) is 0. The predicted octanol–water partition coefficient (Wildman–Crippen LogP) is 4.19. The first-order chi connectivity index (χ1) is 13.4. The van der Waals surface area contributed by atoms with E-state index in [4.69, 9.17) is 9.15 Å². The highest BCUT2D eigenvalue weighted by Gasteiger charge is 2.44. The van der Waals surface area contributed by atoms with Gasteiger partial charge in [0, 0.05) is 10.9 Å². The van der Waals surface area contributed by atoms with Crippen molar-refractivity contribution in [2.75, 3.05) is 0 Å². The highest BCUT2D eigenvalue weighted by molar-refractivity contribution is 7.01. The van der Waals surface area contributed by atoms with E-state index in [9.17, 15) is 0 Å². The topological polar surface area (TPSA) is 22.4 Å². The Bertz CT molecular complexity index is 1410. The van der Waals surface area contributed by atoms with E-state index in [-0.39, 0.29) is 6.71 Å². The molecule has 3 heterocycles. The summed E-state index contributed by atoms with van der Waals surface area (Å²) in [6.07, 6.45) is 0. The van der Waals surface area contributed by atoms with Crippen molar-refractivity contribution in [2.45, 2.75) is 0 Å². The monoisotopic (exact) mass is 344 g/mol. The van der Waals surface area contributed by atoms with Crippen LogP contribution in [-0.4, -0.2) is 6.71 Å². The van der Waals surface area contributed by atoms with Gasteiger partial charge in [0.15, 0.2) is 0 Å². The molecule has 2 aliphatic heterocycles. The van der Waals surface area contributed by atoms with Gasteiger partial charge in [-0.25, -0.2) is 0 Å². The molecule has 0 fully saturated rings. The fraction of sp³-hybridized carbons (Fsp3) is 0. The smallest absolute Gasteiger partial charge is 0.257 e. The zero-order chi connectivity index (χ0) is 17.5. The van der Waals surface area contributed by atoms with Crippen molar-refractivity contribution in [2.24, 2.45) is 0 Å². The molecule has 2 aliphatic rings. The highest BCUT2D eigenvalue weighted by atomic mass is 16.5. The number of benzene rings is 4. The van der Waals surface area contributed by atoms with E-state index in [1.807, 2.05) is 6.07 Å². The van der Waals surface area contributed by atoms with Gasteiger partial charge in [-0.2, -0.15) is 0 Å². The minimum Gasteiger partial charge on any atom is -0.458 e. The Hall–Kier alpha value is -3.46. The van der Waals surface area contributed by atoms with Gasteiger partial charge >= 0.3 is 0 Å². The molecule has 0 spiro atoms. The van der Waals surface area contributed by atoms with Crippen LogP contribution in [0.15, 0.2) is 83.3 Å². The van der Waals surface area contributed by atoms with Crippen molar-refractivity contribution in [3.05, 3.63) is 78.9 Å². The maximum absolute atomic E-state index is 6.35. The normalized spacial score (nSPS) is 13.4. The quantitative estimate of drug-likeness (QED) is 0.385. The molecule has 0 atom stereocenters. The Morgan fingerprint density at radius 2 is 1.48 bits per heavy atom. The van der Waals surface area contributed by atoms with Crippen LogP contribution in [0.25, 0.3) is 33.1 Å². The Morgan fingerprint density at radius 3 is 2.41 bits per heavy atom. The summed E-state index contributed by atoms with van der Waals surface area (Å²) in [5, 5.41) is 3.63. The van der Waals surface area contributed by atoms with Gasteiger partial charge in [0.05, 0.1) is 0 Å². The molecule has 2 nitrogen and oxygen atoms in total. The molecule has 0 radical (unpaired) electrons. The van der Waals surface area contributed by atoms with Gasteiger partial charge < -0.3 is 9.15 Å². The zero-order valence-corrected chi connectivity index (χ0v) is 14.4. The number of para-hydroxylation sites is 1. The maximum atomic E-state index is 6.35. The van der Waals surface area contributed by atoms with Crippen molar-refractivity contribution >= 4 is 44.8 Å². The molecule has 0 saturated heterocycles. The van der Waals surface area contributed by atoms with E-state index in [0.29, 0.717) is 0 Å². The van der Waals surface area contributed by atoms with Gasteiger partial charge in [0.25, 0.3) is 6.71 Å². The molecule has 0 saturated carbocycles. The fourth-order valence-electron chi connectivity index (χ4n) is 4.81. The Kier molecular flexibility index (Phi) is 2.35. The second-order valence-electron chi connectivity index (χ2n) is 7.33. The van der Waals surface area contributed by atoms with E-state index in [1.165, 1.54) is 32.5 Å². The molecular weight excluding hydrogens is 331 g/mol.